The second kappa shape index (κ2) is 8.53. The van der Waals surface area contributed by atoms with Gasteiger partial charge in [-0.1, -0.05) is 5.57 Å². The number of anilines is 2. The Morgan fingerprint density at radius 2 is 2.00 bits per heavy atom. The van der Waals surface area contributed by atoms with Crippen LogP contribution in [0.25, 0.3) is 0 Å². The molecule has 0 bridgehead atoms. The van der Waals surface area contributed by atoms with Gasteiger partial charge in [0.15, 0.2) is 5.76 Å². The van der Waals surface area contributed by atoms with Crippen molar-refractivity contribution in [1.82, 2.24) is 9.88 Å². The average molecular weight is 368 g/mol. The minimum Gasteiger partial charge on any atom is -0.459 e. The fraction of sp³-hybridized carbons (Fsp3) is 0.350. The van der Waals surface area contributed by atoms with Gasteiger partial charge in [0.05, 0.1) is 18.1 Å². The summed E-state index contributed by atoms with van der Waals surface area (Å²) >= 11 is 0. The molecule has 2 amide bonds. The van der Waals surface area contributed by atoms with Crippen molar-refractivity contribution in [2.75, 3.05) is 36.4 Å². The van der Waals surface area contributed by atoms with Crippen molar-refractivity contribution in [1.29, 1.82) is 0 Å². The van der Waals surface area contributed by atoms with E-state index < -0.39 is 0 Å². The Kier molecular flexibility index (Phi) is 5.90. The summed E-state index contributed by atoms with van der Waals surface area (Å²) in [5.41, 5.74) is 1.60. The minimum absolute atomic E-state index is 0.0767. The van der Waals surface area contributed by atoms with Crippen molar-refractivity contribution in [2.45, 2.75) is 20.3 Å². The Balaban J connectivity index is 1.59. The Labute approximate surface area is 158 Å². The van der Waals surface area contributed by atoms with Crippen LogP contribution in [0.5, 0.6) is 0 Å². The van der Waals surface area contributed by atoms with Crippen LogP contribution in [0, 0.1) is 0 Å². The van der Waals surface area contributed by atoms with Crippen LogP contribution in [-0.2, 0) is 4.79 Å². The number of rotatable bonds is 4. The van der Waals surface area contributed by atoms with Gasteiger partial charge in [-0.2, -0.15) is 0 Å². The van der Waals surface area contributed by atoms with Gasteiger partial charge >= 0.3 is 0 Å². The van der Waals surface area contributed by atoms with Crippen molar-refractivity contribution in [3.8, 4) is 0 Å². The number of nitrogens with zero attached hydrogens (tertiary/aromatic N) is 3. The quantitative estimate of drug-likeness (QED) is 0.840. The Morgan fingerprint density at radius 1 is 1.15 bits per heavy atom. The molecule has 1 aliphatic heterocycles. The molecule has 0 spiro atoms. The molecule has 7 nitrogen and oxygen atoms in total. The summed E-state index contributed by atoms with van der Waals surface area (Å²) in [6, 6.07) is 7.14. The monoisotopic (exact) mass is 368 g/mol. The van der Waals surface area contributed by atoms with Gasteiger partial charge < -0.3 is 19.5 Å². The van der Waals surface area contributed by atoms with Gasteiger partial charge in [0, 0.05) is 32.3 Å². The molecule has 0 unspecified atom stereocenters. The molecule has 1 aliphatic rings. The maximum Gasteiger partial charge on any atom is 0.289 e. The SMILES string of the molecule is CC(C)=CC(=O)Nc1ccc(N2CCCN(C(=O)c3ccco3)CC2)nc1. The molecule has 7 heteroatoms. The molecule has 3 heterocycles. The van der Waals surface area contributed by atoms with E-state index in [9.17, 15) is 9.59 Å². The van der Waals surface area contributed by atoms with Crippen LogP contribution in [0.15, 0.2) is 52.8 Å². The predicted molar refractivity (Wildman–Crippen MR) is 104 cm³/mol. The molecule has 2 aromatic heterocycles. The molecule has 2 aromatic rings. The van der Waals surface area contributed by atoms with Crippen molar-refractivity contribution >= 4 is 23.3 Å². The molecular formula is C20H24N4O3. The molecule has 0 radical (unpaired) electrons. The van der Waals surface area contributed by atoms with Crippen molar-refractivity contribution in [3.63, 3.8) is 0 Å². The summed E-state index contributed by atoms with van der Waals surface area (Å²) in [7, 11) is 0. The number of pyridine rings is 1. The highest BCUT2D eigenvalue weighted by Gasteiger charge is 2.22. The van der Waals surface area contributed by atoms with Crippen LogP contribution in [0.4, 0.5) is 11.5 Å². The molecule has 0 atom stereocenters. The van der Waals surface area contributed by atoms with Crippen LogP contribution < -0.4 is 10.2 Å². The lowest BCUT2D eigenvalue weighted by Crippen LogP contribution is -2.35. The van der Waals surface area contributed by atoms with Gasteiger partial charge in [0.1, 0.15) is 5.82 Å². The third kappa shape index (κ3) is 4.97. The molecule has 1 N–H and O–H groups in total. The zero-order valence-electron chi connectivity index (χ0n) is 15.6. The zero-order chi connectivity index (χ0) is 19.2. The maximum atomic E-state index is 12.4. The molecular weight excluding hydrogens is 344 g/mol. The molecule has 142 valence electrons. The van der Waals surface area contributed by atoms with Crippen LogP contribution >= 0.6 is 0 Å². The standard InChI is InChI=1S/C20H24N4O3/c1-15(2)13-19(25)22-16-6-7-18(21-14-16)23-8-4-9-24(11-10-23)20(26)17-5-3-12-27-17/h3,5-7,12-14H,4,8-11H2,1-2H3,(H,22,25). The second-order valence-electron chi connectivity index (χ2n) is 6.73. The maximum absolute atomic E-state index is 12.4. The average Bonchev–Trinajstić information content (AvgIpc) is 3.06. The van der Waals surface area contributed by atoms with Crippen LogP contribution in [0.3, 0.4) is 0 Å². The van der Waals surface area contributed by atoms with E-state index >= 15 is 0 Å². The third-order valence-corrected chi connectivity index (χ3v) is 4.27. The van der Waals surface area contributed by atoms with E-state index in [2.05, 4.69) is 15.2 Å². The summed E-state index contributed by atoms with van der Waals surface area (Å²) in [4.78, 5) is 32.6. The van der Waals surface area contributed by atoms with E-state index in [-0.39, 0.29) is 11.8 Å². The minimum atomic E-state index is -0.161. The highest BCUT2D eigenvalue weighted by molar-refractivity contribution is 5.99. The number of amides is 2. The van der Waals surface area contributed by atoms with E-state index in [1.165, 1.54) is 6.26 Å². The summed E-state index contributed by atoms with van der Waals surface area (Å²) in [6.45, 7) is 6.56. The van der Waals surface area contributed by atoms with Crippen LogP contribution in [0.2, 0.25) is 0 Å². The highest BCUT2D eigenvalue weighted by atomic mass is 16.3. The van der Waals surface area contributed by atoms with Gasteiger partial charge in [-0.15, -0.1) is 0 Å². The first-order valence-corrected chi connectivity index (χ1v) is 9.02. The Bertz CT molecular complexity index is 808. The van der Waals surface area contributed by atoms with Crippen LogP contribution in [0.1, 0.15) is 30.8 Å². The van der Waals surface area contributed by atoms with E-state index in [4.69, 9.17) is 4.42 Å². The van der Waals surface area contributed by atoms with E-state index in [1.807, 2.05) is 30.9 Å². The summed E-state index contributed by atoms with van der Waals surface area (Å²) in [5, 5.41) is 2.79. The fourth-order valence-electron chi connectivity index (χ4n) is 2.99. The predicted octanol–water partition coefficient (Wildman–Crippen LogP) is 2.93. The van der Waals surface area contributed by atoms with Crippen LogP contribution in [-0.4, -0.2) is 47.9 Å². The molecule has 3 rings (SSSR count). The number of hydrogen-bond acceptors (Lipinski definition) is 5. The van der Waals surface area contributed by atoms with Gasteiger partial charge in [0.25, 0.3) is 5.91 Å². The zero-order valence-corrected chi connectivity index (χ0v) is 15.6. The van der Waals surface area contributed by atoms with Crippen molar-refractivity contribution in [3.05, 3.63) is 54.1 Å². The fourth-order valence-corrected chi connectivity index (χ4v) is 2.99. The highest BCUT2D eigenvalue weighted by Crippen LogP contribution is 2.17. The van der Waals surface area contributed by atoms with E-state index in [0.29, 0.717) is 31.1 Å². The number of furan rings is 1. The first kappa shape index (κ1) is 18.7. The molecule has 1 fully saturated rings. The number of carbonyl (C=O) groups is 2. The van der Waals surface area contributed by atoms with E-state index in [1.54, 1.807) is 24.4 Å². The van der Waals surface area contributed by atoms with Gasteiger partial charge in [-0.25, -0.2) is 4.98 Å². The number of hydrogen-bond donors (Lipinski definition) is 1. The lowest BCUT2D eigenvalue weighted by atomic mass is 10.3. The first-order chi connectivity index (χ1) is 13.0. The topological polar surface area (TPSA) is 78.7 Å². The summed E-state index contributed by atoms with van der Waals surface area (Å²) in [5.74, 6) is 0.971. The molecule has 0 saturated carbocycles. The Hall–Kier alpha value is -3.09. The summed E-state index contributed by atoms with van der Waals surface area (Å²) < 4.78 is 5.21. The van der Waals surface area contributed by atoms with E-state index in [0.717, 1.165) is 24.4 Å². The first-order valence-electron chi connectivity index (χ1n) is 9.02. The van der Waals surface area contributed by atoms with Gasteiger partial charge in [-0.05, 0) is 44.5 Å². The molecule has 0 aliphatic carbocycles. The second-order valence-corrected chi connectivity index (χ2v) is 6.73. The largest absolute Gasteiger partial charge is 0.459 e. The lowest BCUT2D eigenvalue weighted by Gasteiger charge is -2.22. The Morgan fingerprint density at radius 3 is 2.67 bits per heavy atom. The number of aromatic nitrogens is 1. The van der Waals surface area contributed by atoms with Gasteiger partial charge in [0.2, 0.25) is 5.91 Å². The molecule has 27 heavy (non-hydrogen) atoms. The van der Waals surface area contributed by atoms with Gasteiger partial charge in [-0.3, -0.25) is 9.59 Å². The smallest absolute Gasteiger partial charge is 0.289 e. The van der Waals surface area contributed by atoms with Crippen molar-refractivity contribution < 1.29 is 14.0 Å². The molecule has 1 saturated heterocycles. The normalized spacial score (nSPS) is 14.4. The number of carbonyl (C=O) groups excluding carboxylic acids is 2. The number of allylic oxidation sites excluding steroid dienone is 1. The summed E-state index contributed by atoms with van der Waals surface area (Å²) in [6.07, 6.45) is 5.57. The third-order valence-electron chi connectivity index (χ3n) is 4.27. The van der Waals surface area contributed by atoms with Crippen molar-refractivity contribution in [2.24, 2.45) is 0 Å². The molecule has 0 aromatic carbocycles. The number of nitrogens with one attached hydrogen (secondary N) is 1. The lowest BCUT2D eigenvalue weighted by molar-refractivity contribution is -0.111.